The van der Waals surface area contributed by atoms with Crippen molar-refractivity contribution in [3.05, 3.63) is 34.4 Å². The first-order valence-corrected chi connectivity index (χ1v) is 3.93. The zero-order valence-corrected chi connectivity index (χ0v) is 7.30. The molecule has 0 bridgehead atoms. The maximum Gasteiger partial charge on any atom is 0.393 e. The van der Waals surface area contributed by atoms with Gasteiger partial charge in [-0.15, -0.1) is 10.2 Å². The van der Waals surface area contributed by atoms with E-state index < -0.39 is 11.9 Å². The third-order valence-corrected chi connectivity index (χ3v) is 1.61. The number of rotatable bonds is 2. The summed E-state index contributed by atoms with van der Waals surface area (Å²) >= 11 is 0. The Morgan fingerprint density at radius 3 is 2.80 bits per heavy atom. The molecule has 0 amide bonds. The molecule has 0 fully saturated rings. The number of nitrogens with zero attached hydrogens (tertiary/aromatic N) is 2. The highest BCUT2D eigenvalue weighted by Gasteiger charge is 2.14. The van der Waals surface area contributed by atoms with Gasteiger partial charge in [-0.1, -0.05) is 6.07 Å². The predicted molar refractivity (Wildman–Crippen MR) is 47.3 cm³/mol. The van der Waals surface area contributed by atoms with Gasteiger partial charge in [0.25, 0.3) is 5.89 Å². The molecule has 2 rings (SSSR count). The zero-order chi connectivity index (χ0) is 10.8. The minimum absolute atomic E-state index is 0.0369. The number of aromatic carboxylic acids is 1. The third-order valence-electron chi connectivity index (χ3n) is 1.61. The summed E-state index contributed by atoms with van der Waals surface area (Å²) in [7, 11) is 0. The van der Waals surface area contributed by atoms with Crippen LogP contribution in [-0.2, 0) is 0 Å². The molecule has 0 aliphatic heterocycles. The van der Waals surface area contributed by atoms with Gasteiger partial charge in [-0.05, 0) is 6.07 Å². The van der Waals surface area contributed by atoms with E-state index in [2.05, 4.69) is 15.2 Å². The average molecular weight is 207 g/mol. The fraction of sp³-hybridized carbons (Fsp3) is 0. The first kappa shape index (κ1) is 9.13. The van der Waals surface area contributed by atoms with E-state index in [0.29, 0.717) is 0 Å². The van der Waals surface area contributed by atoms with Gasteiger partial charge in [0.2, 0.25) is 5.56 Å². The Balaban J connectivity index is 2.46. The van der Waals surface area contributed by atoms with Crippen LogP contribution in [0.25, 0.3) is 11.6 Å². The molecule has 0 atom stereocenters. The summed E-state index contributed by atoms with van der Waals surface area (Å²) in [6, 6.07) is 4.34. The van der Waals surface area contributed by atoms with Crippen LogP contribution < -0.4 is 5.56 Å². The second-order valence-electron chi connectivity index (χ2n) is 2.65. The maximum absolute atomic E-state index is 10.9. The summed E-state index contributed by atoms with van der Waals surface area (Å²) in [6.45, 7) is 0. The Kier molecular flexibility index (Phi) is 2.05. The van der Waals surface area contributed by atoms with Crippen molar-refractivity contribution < 1.29 is 14.3 Å². The third kappa shape index (κ3) is 1.75. The lowest BCUT2D eigenvalue weighted by atomic mass is 10.3. The fourth-order valence-electron chi connectivity index (χ4n) is 0.991. The maximum atomic E-state index is 10.9. The van der Waals surface area contributed by atoms with Crippen LogP contribution in [0.1, 0.15) is 10.7 Å². The smallest absolute Gasteiger partial charge is 0.393 e. The number of aromatic nitrogens is 3. The minimum Gasteiger partial charge on any atom is -0.474 e. The molecule has 76 valence electrons. The quantitative estimate of drug-likeness (QED) is 0.723. The van der Waals surface area contributed by atoms with Gasteiger partial charge >= 0.3 is 11.9 Å². The summed E-state index contributed by atoms with van der Waals surface area (Å²) in [6.07, 6.45) is 0. The Morgan fingerprint density at radius 2 is 2.20 bits per heavy atom. The minimum atomic E-state index is -1.31. The van der Waals surface area contributed by atoms with E-state index in [-0.39, 0.29) is 17.1 Å². The summed E-state index contributed by atoms with van der Waals surface area (Å²) < 4.78 is 4.79. The highest BCUT2D eigenvalue weighted by molar-refractivity contribution is 5.82. The molecule has 2 aromatic heterocycles. The average Bonchev–Trinajstić information content (AvgIpc) is 2.66. The molecule has 0 spiro atoms. The van der Waals surface area contributed by atoms with E-state index in [0.717, 1.165) is 0 Å². The van der Waals surface area contributed by atoms with Gasteiger partial charge in [0.05, 0.1) is 0 Å². The van der Waals surface area contributed by atoms with Crippen LogP contribution >= 0.6 is 0 Å². The molecular formula is C8H5N3O4. The SMILES string of the molecule is O=C(O)c1nnc(-c2cccc(=O)[nH]2)o1. The number of hydrogen-bond acceptors (Lipinski definition) is 5. The van der Waals surface area contributed by atoms with Gasteiger partial charge in [0.15, 0.2) is 0 Å². The number of carboxylic acids is 1. The summed E-state index contributed by atoms with van der Waals surface area (Å²) in [5, 5.41) is 15.3. The predicted octanol–water partition coefficient (Wildman–Crippen LogP) is 0.123. The molecule has 7 nitrogen and oxygen atoms in total. The molecule has 15 heavy (non-hydrogen) atoms. The number of pyridine rings is 1. The monoisotopic (exact) mass is 207 g/mol. The van der Waals surface area contributed by atoms with Crippen LogP contribution in [0.15, 0.2) is 27.4 Å². The highest BCUT2D eigenvalue weighted by atomic mass is 16.4. The molecule has 0 aliphatic rings. The van der Waals surface area contributed by atoms with Gasteiger partial charge in [-0.3, -0.25) is 4.79 Å². The normalized spacial score (nSPS) is 10.1. The van der Waals surface area contributed by atoms with E-state index in [1.165, 1.54) is 18.2 Å². The highest BCUT2D eigenvalue weighted by Crippen LogP contribution is 2.12. The summed E-state index contributed by atoms with van der Waals surface area (Å²) in [5.74, 6) is -1.87. The van der Waals surface area contributed by atoms with E-state index >= 15 is 0 Å². The van der Waals surface area contributed by atoms with E-state index in [1.807, 2.05) is 0 Å². The van der Waals surface area contributed by atoms with Crippen molar-refractivity contribution in [3.8, 4) is 11.6 Å². The van der Waals surface area contributed by atoms with Crippen LogP contribution in [0.2, 0.25) is 0 Å². The van der Waals surface area contributed by atoms with Crippen LogP contribution in [0, 0.1) is 0 Å². The van der Waals surface area contributed by atoms with Crippen molar-refractivity contribution in [3.63, 3.8) is 0 Å². The Labute approximate surface area is 82.4 Å². The van der Waals surface area contributed by atoms with E-state index in [9.17, 15) is 9.59 Å². The largest absolute Gasteiger partial charge is 0.474 e. The second kappa shape index (κ2) is 3.37. The molecule has 7 heteroatoms. The molecule has 0 saturated carbocycles. The zero-order valence-electron chi connectivity index (χ0n) is 7.30. The van der Waals surface area contributed by atoms with E-state index in [4.69, 9.17) is 9.52 Å². The van der Waals surface area contributed by atoms with Crippen molar-refractivity contribution in [2.45, 2.75) is 0 Å². The van der Waals surface area contributed by atoms with Crippen molar-refractivity contribution >= 4 is 5.97 Å². The van der Waals surface area contributed by atoms with Gasteiger partial charge in [0.1, 0.15) is 5.69 Å². The summed E-state index contributed by atoms with van der Waals surface area (Å²) in [5.41, 5.74) is -0.0509. The topological polar surface area (TPSA) is 109 Å². The second-order valence-corrected chi connectivity index (χ2v) is 2.65. The molecule has 0 aliphatic carbocycles. The molecule has 2 N–H and O–H groups in total. The van der Waals surface area contributed by atoms with Gasteiger partial charge in [-0.25, -0.2) is 4.79 Å². The number of carbonyl (C=O) groups is 1. The molecular weight excluding hydrogens is 202 g/mol. The number of hydrogen-bond donors (Lipinski definition) is 2. The van der Waals surface area contributed by atoms with Crippen LogP contribution in [0.4, 0.5) is 0 Å². The molecule has 0 saturated heterocycles. The Morgan fingerprint density at radius 1 is 1.40 bits per heavy atom. The lowest BCUT2D eigenvalue weighted by Crippen LogP contribution is -2.03. The molecule has 0 aromatic carbocycles. The van der Waals surface area contributed by atoms with Gasteiger partial charge in [0, 0.05) is 6.07 Å². The van der Waals surface area contributed by atoms with Crippen LogP contribution in [0.5, 0.6) is 0 Å². The van der Waals surface area contributed by atoms with Crippen molar-refractivity contribution in [2.75, 3.05) is 0 Å². The first-order valence-electron chi connectivity index (χ1n) is 3.93. The number of nitrogens with one attached hydrogen (secondary N) is 1. The van der Waals surface area contributed by atoms with E-state index in [1.54, 1.807) is 0 Å². The number of carboxylic acid groups (broad SMARTS) is 1. The molecule has 2 heterocycles. The molecule has 2 aromatic rings. The van der Waals surface area contributed by atoms with Crippen LogP contribution in [0.3, 0.4) is 0 Å². The Hall–Kier alpha value is -2.44. The van der Waals surface area contributed by atoms with Gasteiger partial charge in [-0.2, -0.15) is 0 Å². The summed E-state index contributed by atoms with van der Waals surface area (Å²) in [4.78, 5) is 23.8. The number of aromatic amines is 1. The lowest BCUT2D eigenvalue weighted by Gasteiger charge is -1.91. The molecule has 0 unspecified atom stereocenters. The van der Waals surface area contributed by atoms with Crippen molar-refractivity contribution in [1.82, 2.24) is 15.2 Å². The standard InChI is InChI=1S/C8H5N3O4/c12-5-3-1-2-4(9-5)6-10-11-7(15-6)8(13)14/h1-3H,(H,9,12)(H,13,14). The first-order chi connectivity index (χ1) is 7.16. The number of H-pyrrole nitrogens is 1. The lowest BCUT2D eigenvalue weighted by molar-refractivity contribution is 0.0654. The Bertz CT molecular complexity index is 557. The van der Waals surface area contributed by atoms with Crippen molar-refractivity contribution in [2.24, 2.45) is 0 Å². The van der Waals surface area contributed by atoms with Crippen LogP contribution in [-0.4, -0.2) is 26.3 Å². The molecule has 0 radical (unpaired) electrons. The van der Waals surface area contributed by atoms with Gasteiger partial charge < -0.3 is 14.5 Å². The fourth-order valence-corrected chi connectivity index (χ4v) is 0.991. The van der Waals surface area contributed by atoms with Crippen molar-refractivity contribution in [1.29, 1.82) is 0 Å².